The molecule has 0 unspecified atom stereocenters. The van der Waals surface area contributed by atoms with Crippen molar-refractivity contribution in [2.75, 3.05) is 5.43 Å². The summed E-state index contributed by atoms with van der Waals surface area (Å²) in [6.07, 6.45) is 1.43. The number of para-hydroxylation sites is 1. The Bertz CT molecular complexity index is 1030. The van der Waals surface area contributed by atoms with Gasteiger partial charge in [-0.1, -0.05) is 12.1 Å². The number of phenolic OH excluding ortho intramolecular Hbond substituents is 1. The summed E-state index contributed by atoms with van der Waals surface area (Å²) in [6, 6.07) is 6.72. The van der Waals surface area contributed by atoms with Gasteiger partial charge in [-0.15, -0.1) is 0 Å². The third-order valence-electron chi connectivity index (χ3n) is 3.44. The molecule has 0 amide bonds. The van der Waals surface area contributed by atoms with Crippen LogP contribution in [0.3, 0.4) is 0 Å². The van der Waals surface area contributed by atoms with Crippen LogP contribution in [-0.4, -0.2) is 30.4 Å². The van der Waals surface area contributed by atoms with Gasteiger partial charge in [-0.25, -0.2) is 10.2 Å². The van der Waals surface area contributed by atoms with E-state index in [4.69, 9.17) is 0 Å². The smallest absolute Gasteiger partial charge is 0.329 e. The predicted octanol–water partition coefficient (Wildman–Crippen LogP) is 0.112. The van der Waals surface area contributed by atoms with Crippen LogP contribution in [0, 0.1) is 0 Å². The second kappa shape index (κ2) is 5.44. The Balaban J connectivity index is 1.99. The summed E-state index contributed by atoms with van der Waals surface area (Å²) in [6.45, 7) is 0. The Morgan fingerprint density at radius 1 is 1.26 bits per heavy atom. The molecular weight excluding hydrogens is 300 g/mol. The first kappa shape index (κ1) is 14.6. The molecular formula is C14H14N6O3. The van der Waals surface area contributed by atoms with E-state index < -0.39 is 11.2 Å². The van der Waals surface area contributed by atoms with Crippen molar-refractivity contribution >= 4 is 23.3 Å². The largest absolute Gasteiger partial charge is 0.507 e. The molecule has 0 atom stereocenters. The number of anilines is 1. The number of H-pyrrole nitrogens is 1. The number of hydrogen-bond donors (Lipinski definition) is 3. The van der Waals surface area contributed by atoms with Gasteiger partial charge in [0.2, 0.25) is 5.95 Å². The van der Waals surface area contributed by atoms with Crippen LogP contribution in [0.5, 0.6) is 5.75 Å². The molecule has 3 aromatic rings. The van der Waals surface area contributed by atoms with Gasteiger partial charge in [0, 0.05) is 19.7 Å². The Kier molecular flexibility index (Phi) is 3.45. The van der Waals surface area contributed by atoms with Crippen LogP contribution in [0.15, 0.2) is 39.0 Å². The van der Waals surface area contributed by atoms with Crippen molar-refractivity contribution in [3.05, 3.63) is 50.7 Å². The zero-order valence-corrected chi connectivity index (χ0v) is 12.4. The lowest BCUT2D eigenvalue weighted by atomic mass is 10.2. The number of benzene rings is 1. The van der Waals surface area contributed by atoms with Gasteiger partial charge < -0.3 is 9.67 Å². The van der Waals surface area contributed by atoms with Crippen LogP contribution < -0.4 is 16.7 Å². The Labute approximate surface area is 129 Å². The summed E-state index contributed by atoms with van der Waals surface area (Å²) >= 11 is 0. The molecule has 0 bridgehead atoms. The summed E-state index contributed by atoms with van der Waals surface area (Å²) < 4.78 is 2.74. The van der Waals surface area contributed by atoms with Gasteiger partial charge in [-0.2, -0.15) is 10.1 Å². The quantitative estimate of drug-likeness (QED) is 0.468. The number of aromatic nitrogens is 4. The number of nitrogens with zero attached hydrogens (tertiary/aromatic N) is 4. The van der Waals surface area contributed by atoms with Gasteiger partial charge in [0.05, 0.1) is 6.21 Å². The number of rotatable bonds is 3. The molecule has 2 aromatic heterocycles. The maximum Gasteiger partial charge on any atom is 0.329 e. The topological polar surface area (TPSA) is 117 Å². The van der Waals surface area contributed by atoms with E-state index in [-0.39, 0.29) is 16.9 Å². The molecule has 9 nitrogen and oxygen atoms in total. The van der Waals surface area contributed by atoms with Crippen LogP contribution >= 0.6 is 0 Å². The van der Waals surface area contributed by atoms with Crippen molar-refractivity contribution < 1.29 is 5.11 Å². The highest BCUT2D eigenvalue weighted by Gasteiger charge is 2.14. The second-order valence-corrected chi connectivity index (χ2v) is 4.91. The fourth-order valence-electron chi connectivity index (χ4n) is 2.16. The summed E-state index contributed by atoms with van der Waals surface area (Å²) in [7, 11) is 3.15. The highest BCUT2D eigenvalue weighted by Crippen LogP contribution is 2.14. The maximum absolute atomic E-state index is 11.9. The molecule has 0 aliphatic heterocycles. The number of aromatic amines is 1. The van der Waals surface area contributed by atoms with E-state index in [0.717, 1.165) is 0 Å². The minimum atomic E-state index is -0.537. The molecule has 1 aromatic carbocycles. The maximum atomic E-state index is 11.9. The van der Waals surface area contributed by atoms with E-state index in [1.807, 2.05) is 0 Å². The lowest BCUT2D eigenvalue weighted by Gasteiger charge is -2.00. The zero-order chi connectivity index (χ0) is 16.6. The van der Waals surface area contributed by atoms with E-state index >= 15 is 0 Å². The number of aryl methyl sites for hydroxylation is 2. The predicted molar refractivity (Wildman–Crippen MR) is 85.9 cm³/mol. The first-order valence-corrected chi connectivity index (χ1v) is 6.72. The van der Waals surface area contributed by atoms with Crippen LogP contribution in [0.1, 0.15) is 5.56 Å². The molecule has 0 aliphatic rings. The average Bonchev–Trinajstić information content (AvgIpc) is 2.85. The third kappa shape index (κ3) is 2.48. The molecule has 2 heterocycles. The molecule has 3 N–H and O–H groups in total. The molecule has 0 saturated carbocycles. The number of aromatic hydroxyl groups is 1. The SMILES string of the molecule is Cn1c(NN=Cc2ccccc2O)nc2c1c(=O)[nH]c(=O)n2C. The molecule has 0 radical (unpaired) electrons. The standard InChI is InChI=1S/C14H14N6O3/c1-19-10-11(20(2)14(23)17-12(10)22)16-13(19)18-15-7-8-5-3-4-6-9(8)21/h3-7,21H,1-2H3,(H,16,18)(H,17,22,23). The number of phenols is 1. The Morgan fingerprint density at radius 2 is 2.00 bits per heavy atom. The van der Waals surface area contributed by atoms with Crippen LogP contribution in [0.25, 0.3) is 11.2 Å². The highest BCUT2D eigenvalue weighted by molar-refractivity contribution is 5.83. The number of imidazole rings is 1. The van der Waals surface area contributed by atoms with E-state index in [2.05, 4.69) is 20.5 Å². The summed E-state index contributed by atoms with van der Waals surface area (Å²) in [5, 5.41) is 13.6. The van der Waals surface area contributed by atoms with Gasteiger partial charge >= 0.3 is 5.69 Å². The molecule has 3 rings (SSSR count). The molecule has 9 heteroatoms. The van der Waals surface area contributed by atoms with E-state index in [9.17, 15) is 14.7 Å². The lowest BCUT2D eigenvalue weighted by Crippen LogP contribution is -2.29. The fourth-order valence-corrected chi connectivity index (χ4v) is 2.16. The van der Waals surface area contributed by atoms with Crippen molar-refractivity contribution in [1.82, 2.24) is 19.1 Å². The van der Waals surface area contributed by atoms with Crippen molar-refractivity contribution in [1.29, 1.82) is 0 Å². The van der Waals surface area contributed by atoms with Crippen molar-refractivity contribution in [3.8, 4) is 5.75 Å². The average molecular weight is 314 g/mol. The second-order valence-electron chi connectivity index (χ2n) is 4.91. The fraction of sp³-hybridized carbons (Fsp3) is 0.143. The molecule has 0 saturated heterocycles. The van der Waals surface area contributed by atoms with Gasteiger partial charge in [-0.05, 0) is 12.1 Å². The van der Waals surface area contributed by atoms with Crippen molar-refractivity contribution in [2.24, 2.45) is 19.2 Å². The van der Waals surface area contributed by atoms with Gasteiger partial charge in [0.25, 0.3) is 5.56 Å². The van der Waals surface area contributed by atoms with Crippen LogP contribution in [0.4, 0.5) is 5.95 Å². The van der Waals surface area contributed by atoms with Gasteiger partial charge in [0.1, 0.15) is 5.75 Å². The van der Waals surface area contributed by atoms with Gasteiger partial charge in [0.15, 0.2) is 11.2 Å². The molecule has 0 fully saturated rings. The van der Waals surface area contributed by atoms with Gasteiger partial charge in [-0.3, -0.25) is 14.3 Å². The third-order valence-corrected chi connectivity index (χ3v) is 3.44. The first-order chi connectivity index (χ1) is 11.0. The minimum Gasteiger partial charge on any atom is -0.507 e. The zero-order valence-electron chi connectivity index (χ0n) is 12.4. The lowest BCUT2D eigenvalue weighted by molar-refractivity contribution is 0.474. The molecule has 23 heavy (non-hydrogen) atoms. The van der Waals surface area contributed by atoms with Crippen LogP contribution in [-0.2, 0) is 14.1 Å². The Morgan fingerprint density at radius 3 is 2.74 bits per heavy atom. The number of hydrogen-bond acceptors (Lipinski definition) is 6. The summed E-state index contributed by atoms with van der Waals surface area (Å²) in [5.41, 5.74) is 2.68. The van der Waals surface area contributed by atoms with Crippen LogP contribution in [0.2, 0.25) is 0 Å². The summed E-state index contributed by atoms with van der Waals surface area (Å²) in [4.78, 5) is 29.9. The van der Waals surface area contributed by atoms with E-state index in [1.165, 1.54) is 22.4 Å². The number of hydrazone groups is 1. The molecule has 0 spiro atoms. The first-order valence-electron chi connectivity index (χ1n) is 6.72. The highest BCUT2D eigenvalue weighted by atomic mass is 16.3. The number of fused-ring (bicyclic) bond motifs is 1. The van der Waals surface area contributed by atoms with E-state index in [1.54, 1.807) is 31.3 Å². The molecule has 118 valence electrons. The normalized spacial score (nSPS) is 11.4. The number of nitrogens with one attached hydrogen (secondary N) is 2. The Hall–Kier alpha value is -3.36. The minimum absolute atomic E-state index is 0.0990. The summed E-state index contributed by atoms with van der Waals surface area (Å²) in [5.74, 6) is 0.389. The van der Waals surface area contributed by atoms with E-state index in [0.29, 0.717) is 11.5 Å². The van der Waals surface area contributed by atoms with Crippen molar-refractivity contribution in [2.45, 2.75) is 0 Å². The van der Waals surface area contributed by atoms with Crippen molar-refractivity contribution in [3.63, 3.8) is 0 Å². The molecule has 0 aliphatic carbocycles. The monoisotopic (exact) mass is 314 g/mol.